The van der Waals surface area contributed by atoms with Crippen LogP contribution in [-0.2, 0) is 0 Å². The minimum atomic E-state index is -0.0443. The van der Waals surface area contributed by atoms with Gasteiger partial charge in [-0.2, -0.15) is 0 Å². The summed E-state index contributed by atoms with van der Waals surface area (Å²) in [5.41, 5.74) is 0. The summed E-state index contributed by atoms with van der Waals surface area (Å²) >= 11 is 0. The van der Waals surface area contributed by atoms with Crippen molar-refractivity contribution in [2.45, 2.75) is 25.0 Å². The molecule has 0 aliphatic carbocycles. The van der Waals surface area contributed by atoms with Crippen LogP contribution in [0.3, 0.4) is 0 Å². The molecule has 0 aromatic heterocycles. The van der Waals surface area contributed by atoms with E-state index in [4.69, 9.17) is 0 Å². The molecule has 1 N–H and O–H groups in total. The number of nitrogens with zero attached hydrogens (tertiary/aromatic N) is 2. The monoisotopic (exact) mass is 169 g/mol. The maximum atomic E-state index is 9.30. The molecule has 2 saturated heterocycles. The highest BCUT2D eigenvalue weighted by Gasteiger charge is 2.28. The summed E-state index contributed by atoms with van der Waals surface area (Å²) in [7, 11) is 3.86. The second-order valence-corrected chi connectivity index (χ2v) is 3.96. The van der Waals surface area contributed by atoms with Crippen molar-refractivity contribution in [3.8, 4) is 0 Å². The van der Waals surface area contributed by atoms with Crippen molar-refractivity contribution < 1.29 is 5.11 Å². The van der Waals surface area contributed by atoms with E-state index in [1.165, 1.54) is 0 Å². The van der Waals surface area contributed by atoms with Crippen molar-refractivity contribution in [3.05, 3.63) is 7.05 Å². The molecule has 0 amide bonds. The Morgan fingerprint density at radius 2 is 1.75 bits per heavy atom. The standard InChI is InChI=1S/C9H17N2O/c1-10-6-8(7-10)11-4-2-9(12)3-5-11/h8-9,12H,1-7H2/q-1. The van der Waals surface area contributed by atoms with Gasteiger partial charge in [0.2, 0.25) is 0 Å². The molecule has 0 bridgehead atoms. The maximum Gasteiger partial charge on any atom is 0.0564 e. The zero-order chi connectivity index (χ0) is 8.55. The Kier molecular flexibility index (Phi) is 2.35. The van der Waals surface area contributed by atoms with E-state index in [9.17, 15) is 5.11 Å². The summed E-state index contributed by atoms with van der Waals surface area (Å²) in [5, 5.41) is 9.30. The first-order valence-electron chi connectivity index (χ1n) is 4.73. The molecule has 2 heterocycles. The van der Waals surface area contributed by atoms with Gasteiger partial charge < -0.3 is 10.0 Å². The third-order valence-electron chi connectivity index (χ3n) is 2.95. The molecule has 3 heteroatoms. The highest BCUT2D eigenvalue weighted by atomic mass is 16.3. The summed E-state index contributed by atoms with van der Waals surface area (Å²) < 4.78 is 0. The Morgan fingerprint density at radius 3 is 2.25 bits per heavy atom. The number of piperidine rings is 1. The van der Waals surface area contributed by atoms with Gasteiger partial charge in [-0.05, 0) is 25.9 Å². The molecule has 0 unspecified atom stereocenters. The van der Waals surface area contributed by atoms with Gasteiger partial charge in [0.15, 0.2) is 0 Å². The van der Waals surface area contributed by atoms with Crippen LogP contribution in [0.2, 0.25) is 0 Å². The molecule has 0 aromatic carbocycles. The Labute approximate surface area is 74.0 Å². The van der Waals surface area contributed by atoms with Gasteiger partial charge in [0.05, 0.1) is 6.10 Å². The number of hydrogen-bond acceptors (Lipinski definition) is 3. The van der Waals surface area contributed by atoms with Gasteiger partial charge in [-0.3, -0.25) is 11.9 Å². The van der Waals surface area contributed by atoms with Gasteiger partial charge in [0.25, 0.3) is 0 Å². The summed E-state index contributed by atoms with van der Waals surface area (Å²) in [6, 6.07) is 0.718. The SMILES string of the molecule is [CH2-]N1CC(N2CCC(O)CC2)C1. The normalized spacial score (nSPS) is 30.5. The quantitative estimate of drug-likeness (QED) is 0.556. The molecule has 0 atom stereocenters. The van der Waals surface area contributed by atoms with E-state index in [0.29, 0.717) is 0 Å². The van der Waals surface area contributed by atoms with Crippen LogP contribution in [-0.4, -0.2) is 53.2 Å². The number of likely N-dealkylation sites (tertiary alicyclic amines) is 2. The molecule has 12 heavy (non-hydrogen) atoms. The molecule has 2 fully saturated rings. The summed E-state index contributed by atoms with van der Waals surface area (Å²) in [5.74, 6) is 0. The summed E-state index contributed by atoms with van der Waals surface area (Å²) in [4.78, 5) is 4.57. The molecule has 70 valence electrons. The second-order valence-electron chi connectivity index (χ2n) is 3.96. The highest BCUT2D eigenvalue weighted by Crippen LogP contribution is 2.18. The van der Waals surface area contributed by atoms with Gasteiger partial charge in [0, 0.05) is 19.1 Å². The fraction of sp³-hybridized carbons (Fsp3) is 0.889. The fourth-order valence-corrected chi connectivity index (χ4v) is 2.02. The minimum Gasteiger partial charge on any atom is -0.457 e. The first-order chi connectivity index (χ1) is 5.75. The van der Waals surface area contributed by atoms with Crippen LogP contribution in [0.25, 0.3) is 0 Å². The Balaban J connectivity index is 1.75. The first-order valence-corrected chi connectivity index (χ1v) is 4.73. The summed E-state index contributed by atoms with van der Waals surface area (Å²) in [6.07, 6.45) is 1.86. The van der Waals surface area contributed by atoms with Crippen LogP contribution in [0.1, 0.15) is 12.8 Å². The fourth-order valence-electron chi connectivity index (χ4n) is 2.02. The number of aliphatic hydroxyl groups is 1. The van der Waals surface area contributed by atoms with Crippen LogP contribution in [0, 0.1) is 7.05 Å². The third kappa shape index (κ3) is 1.63. The Morgan fingerprint density at radius 1 is 1.17 bits per heavy atom. The van der Waals surface area contributed by atoms with Crippen LogP contribution in [0.5, 0.6) is 0 Å². The smallest absolute Gasteiger partial charge is 0.0564 e. The Hall–Kier alpha value is -0.120. The van der Waals surface area contributed by atoms with Gasteiger partial charge in [0.1, 0.15) is 0 Å². The molecule has 0 radical (unpaired) electrons. The van der Waals surface area contributed by atoms with Crippen LogP contribution >= 0.6 is 0 Å². The topological polar surface area (TPSA) is 26.7 Å². The van der Waals surface area contributed by atoms with E-state index in [2.05, 4.69) is 16.8 Å². The van der Waals surface area contributed by atoms with Crippen LogP contribution in [0.15, 0.2) is 0 Å². The van der Waals surface area contributed by atoms with E-state index < -0.39 is 0 Å². The lowest BCUT2D eigenvalue weighted by molar-refractivity contribution is 0.0123. The van der Waals surface area contributed by atoms with E-state index in [-0.39, 0.29) is 6.10 Å². The molecular weight excluding hydrogens is 152 g/mol. The lowest BCUT2D eigenvalue weighted by atomic mass is 10.0. The van der Waals surface area contributed by atoms with Gasteiger partial charge in [-0.15, -0.1) is 0 Å². The van der Waals surface area contributed by atoms with Crippen molar-refractivity contribution in [2.75, 3.05) is 26.2 Å². The summed E-state index contributed by atoms with van der Waals surface area (Å²) in [6.45, 7) is 4.35. The predicted molar refractivity (Wildman–Crippen MR) is 47.5 cm³/mol. The van der Waals surface area contributed by atoms with E-state index >= 15 is 0 Å². The van der Waals surface area contributed by atoms with Crippen molar-refractivity contribution in [3.63, 3.8) is 0 Å². The first kappa shape index (κ1) is 8.48. The van der Waals surface area contributed by atoms with E-state index in [0.717, 1.165) is 45.1 Å². The van der Waals surface area contributed by atoms with Gasteiger partial charge >= 0.3 is 0 Å². The van der Waals surface area contributed by atoms with Crippen molar-refractivity contribution in [1.82, 2.24) is 9.80 Å². The second kappa shape index (κ2) is 3.32. The molecule has 0 spiro atoms. The molecular formula is C9H17N2O-. The van der Waals surface area contributed by atoms with E-state index in [1.54, 1.807) is 0 Å². The zero-order valence-corrected chi connectivity index (χ0v) is 7.45. The van der Waals surface area contributed by atoms with Gasteiger partial charge in [-0.25, -0.2) is 0 Å². The van der Waals surface area contributed by atoms with Gasteiger partial charge in [-0.1, -0.05) is 0 Å². The Bertz CT molecular complexity index is 149. The molecule has 0 aromatic rings. The van der Waals surface area contributed by atoms with Crippen molar-refractivity contribution in [2.24, 2.45) is 0 Å². The van der Waals surface area contributed by atoms with Crippen LogP contribution < -0.4 is 0 Å². The lowest BCUT2D eigenvalue weighted by Crippen LogP contribution is -2.58. The van der Waals surface area contributed by atoms with E-state index in [1.807, 2.05) is 0 Å². The minimum absolute atomic E-state index is 0.0443. The number of hydrogen-bond donors (Lipinski definition) is 1. The lowest BCUT2D eigenvalue weighted by Gasteiger charge is -2.50. The molecule has 2 aliphatic heterocycles. The average molecular weight is 169 g/mol. The number of rotatable bonds is 1. The van der Waals surface area contributed by atoms with Crippen molar-refractivity contribution in [1.29, 1.82) is 0 Å². The number of aliphatic hydroxyl groups excluding tert-OH is 1. The average Bonchev–Trinajstić information content (AvgIpc) is 2.01. The largest absolute Gasteiger partial charge is 0.457 e. The van der Waals surface area contributed by atoms with Crippen molar-refractivity contribution >= 4 is 0 Å². The third-order valence-corrected chi connectivity index (χ3v) is 2.95. The van der Waals surface area contributed by atoms with Crippen LogP contribution in [0.4, 0.5) is 0 Å². The zero-order valence-electron chi connectivity index (χ0n) is 7.45. The molecule has 2 rings (SSSR count). The maximum absolute atomic E-state index is 9.30. The molecule has 2 aliphatic rings. The highest BCUT2D eigenvalue weighted by molar-refractivity contribution is 4.89. The molecule has 3 nitrogen and oxygen atoms in total. The molecule has 0 saturated carbocycles. The predicted octanol–water partition coefficient (Wildman–Crippen LogP) is -0.0811.